The van der Waals surface area contributed by atoms with E-state index in [1.807, 2.05) is 12.2 Å². The number of halogens is 3. The fraction of sp³-hybridized carbons (Fsp3) is 0.343. The van der Waals surface area contributed by atoms with Crippen molar-refractivity contribution in [2.75, 3.05) is 0 Å². The molecular weight excluding hydrogens is 603 g/mol. The summed E-state index contributed by atoms with van der Waals surface area (Å²) in [6.45, 7) is 16.1. The summed E-state index contributed by atoms with van der Waals surface area (Å²) in [4.78, 5) is 0. The van der Waals surface area contributed by atoms with Crippen LogP contribution in [0.2, 0.25) is 0 Å². The monoisotopic (exact) mass is 648 g/mol. The van der Waals surface area contributed by atoms with Gasteiger partial charge in [-0.15, -0.1) is 43.6 Å². The largest absolute Gasteiger partial charge is 2.00 e. The smallest absolute Gasteiger partial charge is 0.314 e. The van der Waals surface area contributed by atoms with Crippen LogP contribution in [0.3, 0.4) is 0 Å². The molecule has 0 atom stereocenters. The summed E-state index contributed by atoms with van der Waals surface area (Å²) >= 11 is 0. The molecule has 0 fully saturated rings. The molecule has 40 heavy (non-hydrogen) atoms. The van der Waals surface area contributed by atoms with E-state index in [0.29, 0.717) is 17.8 Å². The molecule has 0 unspecified atom stereocenters. The number of hydrogen-bond acceptors (Lipinski definition) is 0. The summed E-state index contributed by atoms with van der Waals surface area (Å²) in [5, 5.41) is 4.51. The van der Waals surface area contributed by atoms with Crippen molar-refractivity contribution in [2.45, 2.75) is 79.1 Å². The number of allylic oxidation sites excluding steroid dienone is 4. The number of benzene rings is 3. The zero-order valence-corrected chi connectivity index (χ0v) is 30.1. The molecule has 1 aliphatic carbocycles. The Hall–Kier alpha value is -1.06. The molecule has 3 aromatic rings. The summed E-state index contributed by atoms with van der Waals surface area (Å²) in [6, 6.07) is 31.0. The quantitative estimate of drug-likeness (QED) is 0.130. The van der Waals surface area contributed by atoms with Crippen LogP contribution in [-0.2, 0) is 21.7 Å². The zero-order valence-electron chi connectivity index (χ0n) is 25.1. The second-order valence-corrected chi connectivity index (χ2v) is 14.5. The molecule has 0 saturated carbocycles. The Morgan fingerprint density at radius 3 is 1.27 bits per heavy atom. The minimum absolute atomic E-state index is 0. The SMILES string of the molecule is CC[CH-][Si](c1cccc(C(C)C)c1)(c1cccc(C(C)C)c1)c1cccc(C(C)C)c1.Cl.Cl.Cl.[C-]1=CC=CC1.[Ti+2]. The second-order valence-electron chi connectivity index (χ2n) is 10.8. The second kappa shape index (κ2) is 20.0. The van der Waals surface area contributed by atoms with E-state index in [-0.39, 0.29) is 58.9 Å². The molecule has 0 spiro atoms. The Kier molecular flexibility index (Phi) is 20.5. The topological polar surface area (TPSA) is 0 Å². The number of rotatable bonds is 8. The van der Waals surface area contributed by atoms with Crippen LogP contribution in [-0.4, -0.2) is 8.07 Å². The van der Waals surface area contributed by atoms with E-state index in [4.69, 9.17) is 0 Å². The Morgan fingerprint density at radius 2 is 1.05 bits per heavy atom. The third kappa shape index (κ3) is 10.3. The van der Waals surface area contributed by atoms with Gasteiger partial charge >= 0.3 is 21.7 Å². The van der Waals surface area contributed by atoms with Crippen LogP contribution in [0.4, 0.5) is 0 Å². The molecular formula is C35H47Cl3SiTi. The van der Waals surface area contributed by atoms with Gasteiger partial charge < -0.3 is 6.04 Å². The van der Waals surface area contributed by atoms with Crippen molar-refractivity contribution in [1.29, 1.82) is 0 Å². The average molecular weight is 650 g/mol. The predicted octanol–water partition coefficient (Wildman–Crippen LogP) is 9.25. The van der Waals surface area contributed by atoms with Gasteiger partial charge in [0.25, 0.3) is 0 Å². The fourth-order valence-electron chi connectivity index (χ4n) is 4.93. The first-order valence-corrected chi connectivity index (χ1v) is 15.7. The molecule has 0 bridgehead atoms. The average Bonchev–Trinajstić information content (AvgIpc) is 3.48. The predicted molar refractivity (Wildman–Crippen MR) is 184 cm³/mol. The molecule has 0 aromatic heterocycles. The van der Waals surface area contributed by atoms with Gasteiger partial charge in [-0.2, -0.15) is 12.5 Å². The first-order chi connectivity index (χ1) is 17.3. The molecule has 5 heteroatoms. The van der Waals surface area contributed by atoms with E-state index in [0.717, 1.165) is 12.8 Å². The van der Waals surface area contributed by atoms with E-state index < -0.39 is 8.07 Å². The van der Waals surface area contributed by atoms with Crippen LogP contribution < -0.4 is 15.6 Å². The van der Waals surface area contributed by atoms with E-state index >= 15 is 0 Å². The molecule has 1 aliphatic rings. The fourth-order valence-corrected chi connectivity index (χ4v) is 9.51. The van der Waals surface area contributed by atoms with Gasteiger partial charge in [0, 0.05) is 8.07 Å². The maximum atomic E-state index is 2.99. The minimum atomic E-state index is -2.28. The zero-order chi connectivity index (χ0) is 26.1. The van der Waals surface area contributed by atoms with Crippen molar-refractivity contribution in [1.82, 2.24) is 0 Å². The van der Waals surface area contributed by atoms with E-state index in [9.17, 15) is 0 Å². The molecule has 0 saturated heterocycles. The Balaban J connectivity index is 0. The maximum Gasteiger partial charge on any atom is 2.00 e. The van der Waals surface area contributed by atoms with Crippen LogP contribution in [0.5, 0.6) is 0 Å². The van der Waals surface area contributed by atoms with Gasteiger partial charge in [0.05, 0.1) is 0 Å². The van der Waals surface area contributed by atoms with Gasteiger partial charge in [0.15, 0.2) is 0 Å². The molecule has 0 amide bonds. The van der Waals surface area contributed by atoms with Crippen LogP contribution in [0.1, 0.15) is 95.8 Å². The summed E-state index contributed by atoms with van der Waals surface area (Å²) in [5.74, 6) is 1.58. The van der Waals surface area contributed by atoms with Crippen LogP contribution in [0, 0.1) is 12.1 Å². The third-order valence-electron chi connectivity index (χ3n) is 7.12. The summed E-state index contributed by atoms with van der Waals surface area (Å²) in [6.07, 6.45) is 11.1. The van der Waals surface area contributed by atoms with Gasteiger partial charge in [0.2, 0.25) is 0 Å². The van der Waals surface area contributed by atoms with E-state index in [1.54, 1.807) is 0 Å². The Labute approximate surface area is 279 Å². The molecule has 4 rings (SSSR count). The minimum Gasteiger partial charge on any atom is -0.314 e. The molecule has 3 aromatic carbocycles. The van der Waals surface area contributed by atoms with Gasteiger partial charge in [0.1, 0.15) is 0 Å². The van der Waals surface area contributed by atoms with Crippen LogP contribution >= 0.6 is 37.2 Å². The summed E-state index contributed by atoms with van der Waals surface area (Å²) < 4.78 is 0. The summed E-state index contributed by atoms with van der Waals surface area (Å²) in [7, 11) is -2.28. The normalized spacial score (nSPS) is 11.7. The van der Waals surface area contributed by atoms with Crippen molar-refractivity contribution >= 4 is 60.9 Å². The van der Waals surface area contributed by atoms with E-state index in [1.165, 1.54) is 32.3 Å². The van der Waals surface area contributed by atoms with Gasteiger partial charge in [-0.05, 0) is 34.4 Å². The maximum absolute atomic E-state index is 2.99. The molecule has 0 nitrogen and oxygen atoms in total. The Bertz CT molecular complexity index is 1050. The van der Waals surface area contributed by atoms with Crippen molar-refractivity contribution < 1.29 is 21.7 Å². The van der Waals surface area contributed by atoms with Crippen LogP contribution in [0.15, 0.2) is 91.0 Å². The van der Waals surface area contributed by atoms with Gasteiger partial charge in [-0.25, -0.2) is 12.2 Å². The third-order valence-corrected chi connectivity index (χ3v) is 11.8. The van der Waals surface area contributed by atoms with E-state index in [2.05, 4.69) is 139 Å². The Morgan fingerprint density at radius 1 is 0.675 bits per heavy atom. The first kappa shape index (κ1) is 41.1. The van der Waals surface area contributed by atoms with Crippen molar-refractivity contribution in [3.63, 3.8) is 0 Å². The molecule has 0 heterocycles. The molecule has 0 radical (unpaired) electrons. The van der Waals surface area contributed by atoms with Crippen LogP contribution in [0.25, 0.3) is 0 Å². The van der Waals surface area contributed by atoms with Crippen molar-refractivity contribution in [3.8, 4) is 0 Å². The number of hydrogen-bond donors (Lipinski definition) is 0. The standard InChI is InChI=1S/C30H39Si.C5H5.3ClH.Ti/c1-8-18-31(28-15-9-12-25(19-28)22(2)3,29-16-10-13-26(20-29)23(4)5)30-17-11-14-27(21-30)24(6)7;1-2-4-5-3-1;;;;/h9-24H,8H2,1-7H3;1-3H,4H2;3*1H;/q2*-1;;;;+2. The summed E-state index contributed by atoms with van der Waals surface area (Å²) in [5.41, 5.74) is 4.29. The molecule has 216 valence electrons. The molecule has 0 N–H and O–H groups in total. The van der Waals surface area contributed by atoms with Gasteiger partial charge in [-0.1, -0.05) is 137 Å². The van der Waals surface area contributed by atoms with Crippen molar-refractivity contribution in [3.05, 3.63) is 120 Å². The van der Waals surface area contributed by atoms with Gasteiger partial charge in [-0.3, -0.25) is 6.08 Å². The van der Waals surface area contributed by atoms with Crippen molar-refractivity contribution in [2.24, 2.45) is 0 Å². The molecule has 0 aliphatic heterocycles. The first-order valence-electron chi connectivity index (χ1n) is 13.7.